The predicted octanol–water partition coefficient (Wildman–Crippen LogP) is 5.62. The molecule has 0 saturated carbocycles. The van der Waals surface area contributed by atoms with E-state index in [0.29, 0.717) is 0 Å². The Morgan fingerprint density at radius 1 is 0.360 bits per heavy atom. The van der Waals surface area contributed by atoms with Gasteiger partial charge in [-0.1, -0.05) is 0 Å². The van der Waals surface area contributed by atoms with Crippen molar-refractivity contribution in [3.05, 3.63) is 0 Å². The SMILES string of the molecule is C[Si](C)(C)O[Si](C)(C)[SiH]([Si](C)(C)O[Si](C)(C)C)[Si](C)(C)O[Si](C)(C)C. The monoisotopic (exact) mass is 470 g/mol. The van der Waals surface area contributed by atoms with E-state index < -0.39 is 55.8 Å². The number of hydrogen-bond acceptors (Lipinski definition) is 3. The maximum atomic E-state index is 6.97. The standard InChI is InChI=1S/C15H46O3Si7/c1-20(2,3)16-23(10,11)19(24(12,13)17-21(4,5)6)25(14,15)18-22(7,8)9/h19H,1-15H3. The largest absolute Gasteiger partial charge is 0.458 e. The summed E-state index contributed by atoms with van der Waals surface area (Å²) in [5, 5.41) is 0. The molecule has 0 aromatic rings. The van der Waals surface area contributed by atoms with Crippen molar-refractivity contribution in [3.63, 3.8) is 0 Å². The molecule has 152 valence electrons. The average molecular weight is 471 g/mol. The Balaban J connectivity index is 6.14. The Bertz CT molecular complexity index is 379. The highest BCUT2D eigenvalue weighted by Crippen LogP contribution is 2.33. The van der Waals surface area contributed by atoms with E-state index in [2.05, 4.69) is 98.2 Å². The van der Waals surface area contributed by atoms with Crippen LogP contribution in [-0.2, 0) is 12.3 Å². The molecule has 3 nitrogen and oxygen atoms in total. The average Bonchev–Trinajstić information content (AvgIpc) is 1.98. The van der Waals surface area contributed by atoms with Crippen molar-refractivity contribution in [1.29, 1.82) is 0 Å². The van der Waals surface area contributed by atoms with Gasteiger partial charge in [-0.15, -0.1) is 0 Å². The van der Waals surface area contributed by atoms with Crippen LogP contribution in [0.3, 0.4) is 0 Å². The molecule has 0 aromatic carbocycles. The summed E-state index contributed by atoms with van der Waals surface area (Å²) in [5.74, 6) is 0. The molecule has 25 heavy (non-hydrogen) atoms. The van der Waals surface area contributed by atoms with Crippen molar-refractivity contribution in [2.45, 2.75) is 98.2 Å². The van der Waals surface area contributed by atoms with E-state index in [1.54, 1.807) is 0 Å². The van der Waals surface area contributed by atoms with Gasteiger partial charge < -0.3 is 12.3 Å². The van der Waals surface area contributed by atoms with E-state index in [0.717, 1.165) is 0 Å². The highest BCUT2D eigenvalue weighted by atomic mass is 29.9. The van der Waals surface area contributed by atoms with Crippen LogP contribution in [0.5, 0.6) is 0 Å². The lowest BCUT2D eigenvalue weighted by molar-refractivity contribution is 0.555. The Hall–Kier alpha value is 1.40. The molecule has 0 N–H and O–H groups in total. The van der Waals surface area contributed by atoms with Crippen LogP contribution in [-0.4, -0.2) is 55.8 Å². The molecule has 0 amide bonds. The van der Waals surface area contributed by atoms with Gasteiger partial charge in [-0.2, -0.15) is 0 Å². The second kappa shape index (κ2) is 8.03. The second-order valence-corrected chi connectivity index (χ2v) is 60.4. The zero-order valence-electron chi connectivity index (χ0n) is 19.8. The third-order valence-electron chi connectivity index (χ3n) is 3.79. The Morgan fingerprint density at radius 2 is 0.520 bits per heavy atom. The van der Waals surface area contributed by atoms with E-state index in [4.69, 9.17) is 12.3 Å². The molecule has 0 spiro atoms. The van der Waals surface area contributed by atoms with Crippen LogP contribution in [0.4, 0.5) is 0 Å². The Labute approximate surface area is 166 Å². The highest BCUT2D eigenvalue weighted by molar-refractivity contribution is 7.79. The zero-order chi connectivity index (χ0) is 20.7. The first-order valence-corrected chi connectivity index (χ1v) is 34.0. The van der Waals surface area contributed by atoms with Gasteiger partial charge in [-0.25, -0.2) is 0 Å². The Kier molecular flexibility index (Phi) is 8.48. The molecule has 0 aliphatic heterocycles. The molecule has 0 aliphatic carbocycles. The minimum absolute atomic E-state index is 1.31. The van der Waals surface area contributed by atoms with E-state index in [9.17, 15) is 0 Å². The van der Waals surface area contributed by atoms with Crippen molar-refractivity contribution in [3.8, 4) is 0 Å². The molecule has 0 heterocycles. The molecule has 0 aliphatic rings. The topological polar surface area (TPSA) is 27.7 Å². The van der Waals surface area contributed by atoms with Crippen molar-refractivity contribution in [1.82, 2.24) is 0 Å². The van der Waals surface area contributed by atoms with Gasteiger partial charge >= 0.3 is 0 Å². The van der Waals surface area contributed by atoms with Crippen LogP contribution >= 0.6 is 0 Å². The third-order valence-corrected chi connectivity index (χ3v) is 74.9. The number of rotatable bonds is 9. The van der Waals surface area contributed by atoms with Crippen LogP contribution in [0.2, 0.25) is 98.2 Å². The molecule has 0 rings (SSSR count). The molecule has 0 bridgehead atoms. The highest BCUT2D eigenvalue weighted by Gasteiger charge is 2.59. The van der Waals surface area contributed by atoms with Gasteiger partial charge in [0.15, 0.2) is 48.5 Å². The summed E-state index contributed by atoms with van der Waals surface area (Å²) in [7, 11) is -11.5. The van der Waals surface area contributed by atoms with E-state index in [1.165, 1.54) is 0 Å². The first-order valence-electron chi connectivity index (χ1n) is 9.59. The number of hydrogen-bond donors (Lipinski definition) is 0. The van der Waals surface area contributed by atoms with Gasteiger partial charge in [0.2, 0.25) is 0 Å². The molecule has 0 atom stereocenters. The fourth-order valence-corrected chi connectivity index (χ4v) is 113. The van der Waals surface area contributed by atoms with Gasteiger partial charge in [0.05, 0.1) is 0 Å². The molecule has 0 aromatic heterocycles. The minimum atomic E-state index is -1.82. The van der Waals surface area contributed by atoms with Crippen molar-refractivity contribution >= 4 is 55.8 Å². The summed E-state index contributed by atoms with van der Waals surface area (Å²) >= 11 is 0. The molecule has 10 heteroatoms. The smallest absolute Gasteiger partial charge is 0.170 e. The first kappa shape index (κ1) is 26.4. The maximum absolute atomic E-state index is 6.97. The van der Waals surface area contributed by atoms with Crippen LogP contribution in [0, 0.1) is 0 Å². The first-order chi connectivity index (χ1) is 10.5. The van der Waals surface area contributed by atoms with E-state index in [-0.39, 0.29) is 0 Å². The molecule has 0 saturated heterocycles. The molecular weight excluding hydrogens is 425 g/mol. The fourth-order valence-electron chi connectivity index (χ4n) is 5.06. The summed E-state index contributed by atoms with van der Waals surface area (Å²) in [5.41, 5.74) is 0. The molecule has 0 fully saturated rings. The van der Waals surface area contributed by atoms with Crippen LogP contribution in [0.25, 0.3) is 0 Å². The van der Waals surface area contributed by atoms with Gasteiger partial charge in [0, 0.05) is 0 Å². The summed E-state index contributed by atoms with van der Waals surface area (Å²) in [6.45, 7) is 36.0. The lowest BCUT2D eigenvalue weighted by Gasteiger charge is -2.52. The summed E-state index contributed by atoms with van der Waals surface area (Å²) in [6, 6.07) is 0. The summed E-state index contributed by atoms with van der Waals surface area (Å²) in [6.07, 6.45) is 0. The van der Waals surface area contributed by atoms with Gasteiger partial charge in [-0.3, -0.25) is 0 Å². The summed E-state index contributed by atoms with van der Waals surface area (Å²) < 4.78 is 20.9. The molecular formula is C15H46O3Si7. The normalized spacial score (nSPS) is 15.8. The quantitative estimate of drug-likeness (QED) is 0.409. The predicted molar refractivity (Wildman–Crippen MR) is 133 cm³/mol. The van der Waals surface area contributed by atoms with Gasteiger partial charge in [-0.05, 0) is 98.2 Å². The van der Waals surface area contributed by atoms with Crippen molar-refractivity contribution in [2.24, 2.45) is 0 Å². The second-order valence-electron chi connectivity index (χ2n) is 11.9. The van der Waals surface area contributed by atoms with Crippen LogP contribution in [0.1, 0.15) is 0 Å². The van der Waals surface area contributed by atoms with Gasteiger partial charge in [0.25, 0.3) is 0 Å². The van der Waals surface area contributed by atoms with E-state index in [1.807, 2.05) is 0 Å². The van der Waals surface area contributed by atoms with Crippen LogP contribution < -0.4 is 0 Å². The van der Waals surface area contributed by atoms with Gasteiger partial charge in [0.1, 0.15) is 7.35 Å². The third kappa shape index (κ3) is 9.94. The maximum Gasteiger partial charge on any atom is 0.170 e. The lowest BCUT2D eigenvalue weighted by atomic mass is 11.8. The summed E-state index contributed by atoms with van der Waals surface area (Å²) in [4.78, 5) is 0. The lowest BCUT2D eigenvalue weighted by Crippen LogP contribution is -2.79. The van der Waals surface area contributed by atoms with Crippen molar-refractivity contribution in [2.75, 3.05) is 0 Å². The minimum Gasteiger partial charge on any atom is -0.458 e. The fraction of sp³-hybridized carbons (Fsp3) is 1.00. The molecule has 0 radical (unpaired) electrons. The van der Waals surface area contributed by atoms with E-state index >= 15 is 0 Å². The van der Waals surface area contributed by atoms with Crippen molar-refractivity contribution < 1.29 is 12.3 Å². The zero-order valence-corrected chi connectivity index (χ0v) is 27.0. The Morgan fingerprint density at radius 3 is 0.640 bits per heavy atom. The molecule has 0 unspecified atom stereocenters. The van der Waals surface area contributed by atoms with Crippen LogP contribution in [0.15, 0.2) is 0 Å².